The van der Waals surface area contributed by atoms with E-state index in [9.17, 15) is 19.5 Å². The highest BCUT2D eigenvalue weighted by Crippen LogP contribution is 2.21. The molecule has 4 aromatic rings. The van der Waals surface area contributed by atoms with Gasteiger partial charge in [-0.25, -0.2) is 14.8 Å². The number of benzene rings is 2. The molecule has 0 bridgehead atoms. The number of fused-ring (bicyclic) bond motifs is 1. The van der Waals surface area contributed by atoms with Crippen LogP contribution in [-0.4, -0.2) is 56.6 Å². The van der Waals surface area contributed by atoms with E-state index in [0.29, 0.717) is 35.6 Å². The Labute approximate surface area is 261 Å². The average Bonchev–Trinajstić information content (AvgIpc) is 3.36. The van der Waals surface area contributed by atoms with E-state index >= 15 is 0 Å². The summed E-state index contributed by atoms with van der Waals surface area (Å²) in [7, 11) is 1.89. The fourth-order valence-electron chi connectivity index (χ4n) is 4.75. The monoisotopic (exact) mass is 613 g/mol. The molecule has 2 amide bonds. The van der Waals surface area contributed by atoms with Gasteiger partial charge in [0.2, 0.25) is 0 Å². The molecule has 45 heavy (non-hydrogen) atoms. The first-order valence-corrected chi connectivity index (χ1v) is 15.0. The largest absolute Gasteiger partial charge is 0.481 e. The van der Waals surface area contributed by atoms with Crippen molar-refractivity contribution in [1.29, 1.82) is 5.41 Å². The first kappa shape index (κ1) is 32.6. The molecule has 0 radical (unpaired) electrons. The predicted octanol–water partition coefficient (Wildman–Crippen LogP) is 5.72. The number of rotatable bonds is 15. The van der Waals surface area contributed by atoms with Crippen LogP contribution < -0.4 is 15.5 Å². The molecule has 4 rings (SSSR count). The number of aromatic nitrogens is 3. The van der Waals surface area contributed by atoms with Crippen molar-refractivity contribution in [1.82, 2.24) is 19.9 Å². The zero-order valence-electron chi connectivity index (χ0n) is 25.6. The lowest BCUT2D eigenvalue weighted by Crippen LogP contribution is -2.33. The Morgan fingerprint density at radius 2 is 1.76 bits per heavy atom. The number of ether oxygens (including phenoxy) is 1. The molecule has 0 saturated carbocycles. The SMILES string of the molecule is CCCCCCCOC(=O)NC(=N)c1ccc(NCc2nc3cc(C(=O)N(CCC(=O)O)c4ccccn4)ccc3n2C)cc1. The third kappa shape index (κ3) is 9.12. The van der Waals surface area contributed by atoms with Crippen LogP contribution in [0.5, 0.6) is 0 Å². The zero-order chi connectivity index (χ0) is 32.2. The Hall–Kier alpha value is -5.26. The number of carbonyl (C=O) groups excluding carboxylic acids is 2. The Balaban J connectivity index is 1.35. The van der Waals surface area contributed by atoms with Crippen molar-refractivity contribution in [3.63, 3.8) is 0 Å². The Morgan fingerprint density at radius 3 is 2.47 bits per heavy atom. The summed E-state index contributed by atoms with van der Waals surface area (Å²) in [6.07, 6.45) is 6.00. The number of hydrogen-bond acceptors (Lipinski definition) is 8. The number of amides is 2. The topological polar surface area (TPSA) is 163 Å². The summed E-state index contributed by atoms with van der Waals surface area (Å²) in [6, 6.07) is 17.5. The number of aliphatic carboxylic acids is 1. The van der Waals surface area contributed by atoms with Crippen LogP contribution in [0.4, 0.5) is 16.3 Å². The molecule has 236 valence electrons. The highest BCUT2D eigenvalue weighted by Gasteiger charge is 2.21. The van der Waals surface area contributed by atoms with Crippen molar-refractivity contribution in [3.05, 3.63) is 83.8 Å². The number of carboxylic acids is 1. The summed E-state index contributed by atoms with van der Waals surface area (Å²) in [4.78, 5) is 47.0. The quantitative estimate of drug-likeness (QED) is 0.0751. The minimum atomic E-state index is -1.01. The van der Waals surface area contributed by atoms with Gasteiger partial charge in [0.05, 0.1) is 30.6 Å². The van der Waals surface area contributed by atoms with Crippen LogP contribution in [0.25, 0.3) is 11.0 Å². The van der Waals surface area contributed by atoms with Gasteiger partial charge in [-0.15, -0.1) is 0 Å². The standard InChI is InChI=1S/C33H39N7O5/c1-3-4-5-6-9-20-45-33(44)38-31(34)23-11-14-25(15-12-23)36-22-29-37-26-21-24(13-16-27(26)39(29)2)32(43)40(19-17-30(41)42)28-10-7-8-18-35-28/h7-8,10-16,18,21,36H,3-6,9,17,19-20,22H2,1-2H3,(H,41,42)(H2,34,38,44). The van der Waals surface area contributed by atoms with E-state index in [1.165, 1.54) is 11.3 Å². The molecule has 0 atom stereocenters. The Bertz CT molecular complexity index is 1620. The number of nitrogens with one attached hydrogen (secondary N) is 3. The summed E-state index contributed by atoms with van der Waals surface area (Å²) < 4.78 is 7.11. The molecule has 0 unspecified atom stereocenters. The smallest absolute Gasteiger partial charge is 0.412 e. The number of aryl methyl sites for hydroxylation is 1. The predicted molar refractivity (Wildman–Crippen MR) is 173 cm³/mol. The van der Waals surface area contributed by atoms with Gasteiger partial charge in [0.1, 0.15) is 17.5 Å². The lowest BCUT2D eigenvalue weighted by molar-refractivity contribution is -0.136. The molecule has 2 heterocycles. The van der Waals surface area contributed by atoms with Crippen molar-refractivity contribution >= 4 is 46.3 Å². The second-order valence-electron chi connectivity index (χ2n) is 10.6. The number of nitrogens with zero attached hydrogens (tertiary/aromatic N) is 4. The lowest BCUT2D eigenvalue weighted by Gasteiger charge is -2.21. The zero-order valence-corrected chi connectivity index (χ0v) is 25.6. The van der Waals surface area contributed by atoms with Crippen LogP contribution in [0.3, 0.4) is 0 Å². The minimum absolute atomic E-state index is 0.0157. The maximum absolute atomic E-state index is 13.4. The number of anilines is 2. The lowest BCUT2D eigenvalue weighted by atomic mass is 10.1. The summed E-state index contributed by atoms with van der Waals surface area (Å²) in [5.41, 5.74) is 3.18. The fourth-order valence-corrected chi connectivity index (χ4v) is 4.75. The number of pyridine rings is 1. The van der Waals surface area contributed by atoms with Gasteiger partial charge in [0.15, 0.2) is 0 Å². The molecule has 0 aliphatic rings. The van der Waals surface area contributed by atoms with Crippen molar-refractivity contribution in [3.8, 4) is 0 Å². The van der Waals surface area contributed by atoms with E-state index < -0.39 is 12.1 Å². The van der Waals surface area contributed by atoms with Crippen LogP contribution in [0.1, 0.15) is 67.2 Å². The van der Waals surface area contributed by atoms with Crippen LogP contribution in [0.2, 0.25) is 0 Å². The number of carbonyl (C=O) groups is 3. The van der Waals surface area contributed by atoms with E-state index in [2.05, 4.69) is 22.5 Å². The van der Waals surface area contributed by atoms with E-state index in [1.807, 2.05) is 29.8 Å². The molecule has 0 aliphatic heterocycles. The third-order valence-corrected chi connectivity index (χ3v) is 7.27. The maximum Gasteiger partial charge on any atom is 0.412 e. The van der Waals surface area contributed by atoms with Gasteiger partial charge in [-0.1, -0.05) is 38.7 Å². The molecule has 0 aliphatic carbocycles. The number of amidine groups is 1. The van der Waals surface area contributed by atoms with E-state index in [1.54, 1.807) is 48.7 Å². The van der Waals surface area contributed by atoms with Crippen LogP contribution in [0.15, 0.2) is 66.9 Å². The molecule has 12 heteroatoms. The second kappa shape index (κ2) is 16.0. The fraction of sp³-hybridized carbons (Fsp3) is 0.333. The van der Waals surface area contributed by atoms with E-state index in [-0.39, 0.29) is 24.7 Å². The molecule has 12 nitrogen and oxygen atoms in total. The van der Waals surface area contributed by atoms with Gasteiger partial charge < -0.3 is 19.7 Å². The van der Waals surface area contributed by atoms with Gasteiger partial charge in [-0.3, -0.25) is 25.2 Å². The highest BCUT2D eigenvalue weighted by molar-refractivity contribution is 6.07. The molecule has 0 saturated heterocycles. The molecular formula is C33H39N7O5. The van der Waals surface area contributed by atoms with Crippen molar-refractivity contribution < 1.29 is 24.2 Å². The summed E-state index contributed by atoms with van der Waals surface area (Å²) in [5, 5.41) is 23.2. The van der Waals surface area contributed by atoms with Crippen LogP contribution in [-0.2, 0) is 23.1 Å². The summed E-state index contributed by atoms with van der Waals surface area (Å²) in [6.45, 7) is 2.86. The molecule has 0 spiro atoms. The van der Waals surface area contributed by atoms with E-state index in [0.717, 1.165) is 42.7 Å². The summed E-state index contributed by atoms with van der Waals surface area (Å²) in [5.74, 6) is -0.298. The van der Waals surface area contributed by atoms with Crippen molar-refractivity contribution in [2.75, 3.05) is 23.4 Å². The first-order valence-electron chi connectivity index (χ1n) is 15.0. The van der Waals surface area contributed by atoms with Crippen LogP contribution in [0, 0.1) is 5.41 Å². The van der Waals surface area contributed by atoms with Gasteiger partial charge in [-0.05, 0) is 61.0 Å². The summed E-state index contributed by atoms with van der Waals surface area (Å²) >= 11 is 0. The molecular weight excluding hydrogens is 574 g/mol. The van der Waals surface area contributed by atoms with Crippen molar-refractivity contribution in [2.45, 2.75) is 52.0 Å². The number of alkyl carbamates (subject to hydrolysis) is 1. The first-order chi connectivity index (χ1) is 21.8. The average molecular weight is 614 g/mol. The number of carboxylic acid groups (broad SMARTS) is 1. The Kier molecular flexibility index (Phi) is 11.6. The van der Waals surface area contributed by atoms with E-state index in [4.69, 9.17) is 15.1 Å². The van der Waals surface area contributed by atoms with Gasteiger partial charge in [0.25, 0.3) is 5.91 Å². The second-order valence-corrected chi connectivity index (χ2v) is 10.6. The minimum Gasteiger partial charge on any atom is -0.481 e. The number of hydrogen-bond donors (Lipinski definition) is 4. The molecule has 0 fully saturated rings. The highest BCUT2D eigenvalue weighted by atomic mass is 16.5. The van der Waals surface area contributed by atoms with Gasteiger partial charge in [0, 0.05) is 36.6 Å². The molecule has 2 aromatic heterocycles. The number of unbranched alkanes of at least 4 members (excludes halogenated alkanes) is 4. The normalized spacial score (nSPS) is 10.8. The number of imidazole rings is 1. The van der Waals surface area contributed by atoms with Gasteiger partial charge >= 0.3 is 12.1 Å². The third-order valence-electron chi connectivity index (χ3n) is 7.27. The van der Waals surface area contributed by atoms with Crippen LogP contribution >= 0.6 is 0 Å². The van der Waals surface area contributed by atoms with Crippen molar-refractivity contribution in [2.24, 2.45) is 7.05 Å². The molecule has 2 aromatic carbocycles. The maximum atomic E-state index is 13.4. The van der Waals surface area contributed by atoms with Gasteiger partial charge in [-0.2, -0.15) is 0 Å². The molecule has 4 N–H and O–H groups in total. The Morgan fingerprint density at radius 1 is 1.00 bits per heavy atom.